The Morgan fingerprint density at radius 3 is 2.96 bits per heavy atom. The number of fused-ring (bicyclic) bond motifs is 1. The van der Waals surface area contributed by atoms with E-state index in [0.29, 0.717) is 0 Å². The fourth-order valence-corrected chi connectivity index (χ4v) is 3.08. The van der Waals surface area contributed by atoms with Crippen molar-refractivity contribution in [3.05, 3.63) is 37.2 Å². The lowest BCUT2D eigenvalue weighted by Crippen LogP contribution is -2.19. The zero-order valence-corrected chi connectivity index (χ0v) is 12.8. The molecule has 0 radical (unpaired) electrons. The molecule has 4 rings (SSSR count). The van der Waals surface area contributed by atoms with Gasteiger partial charge < -0.3 is 15.0 Å². The second-order valence-electron chi connectivity index (χ2n) is 5.78. The van der Waals surface area contributed by atoms with E-state index < -0.39 is 0 Å². The normalized spacial score (nSPS) is 18.7. The van der Waals surface area contributed by atoms with Crippen molar-refractivity contribution in [2.45, 2.75) is 25.4 Å². The third-order valence-corrected chi connectivity index (χ3v) is 4.22. The van der Waals surface area contributed by atoms with Crippen LogP contribution in [0, 0.1) is 0 Å². The maximum absolute atomic E-state index is 6.33. The summed E-state index contributed by atoms with van der Waals surface area (Å²) >= 11 is 0. The zero-order chi connectivity index (χ0) is 15.5. The van der Waals surface area contributed by atoms with Gasteiger partial charge in [0.2, 0.25) is 0 Å². The molecule has 1 saturated heterocycles. The summed E-state index contributed by atoms with van der Waals surface area (Å²) in [6.07, 6.45) is 12.4. The summed E-state index contributed by atoms with van der Waals surface area (Å²) in [5.74, 6) is 0.877. The van der Waals surface area contributed by atoms with Crippen LogP contribution in [0.1, 0.15) is 19.3 Å². The van der Waals surface area contributed by atoms with Crippen molar-refractivity contribution in [3.8, 4) is 16.9 Å². The molecule has 1 unspecified atom stereocenters. The maximum Gasteiger partial charge on any atom is 0.141 e. The molecule has 6 nitrogen and oxygen atoms in total. The second kappa shape index (κ2) is 6.34. The van der Waals surface area contributed by atoms with Gasteiger partial charge in [0.25, 0.3) is 0 Å². The molecule has 6 heteroatoms. The Labute approximate surface area is 134 Å². The zero-order valence-electron chi connectivity index (χ0n) is 12.8. The highest BCUT2D eigenvalue weighted by Crippen LogP contribution is 2.34. The van der Waals surface area contributed by atoms with Crippen LogP contribution in [0.2, 0.25) is 0 Å². The molecule has 3 aromatic heterocycles. The minimum absolute atomic E-state index is 0.241. The van der Waals surface area contributed by atoms with Crippen LogP contribution in [-0.4, -0.2) is 39.1 Å². The van der Waals surface area contributed by atoms with E-state index in [-0.39, 0.29) is 6.10 Å². The summed E-state index contributed by atoms with van der Waals surface area (Å²) in [7, 11) is 0. The highest BCUT2D eigenvalue weighted by molar-refractivity contribution is 5.97. The van der Waals surface area contributed by atoms with Gasteiger partial charge in [0.15, 0.2) is 0 Å². The molecule has 118 valence electrons. The van der Waals surface area contributed by atoms with E-state index in [9.17, 15) is 0 Å². The first-order chi connectivity index (χ1) is 11.4. The SMILES string of the molecule is c1ncc(-c2c[nH]c3nccc(OC4CCCNCC4)c23)cn1. The first-order valence-electron chi connectivity index (χ1n) is 8.00. The number of H-pyrrole nitrogens is 1. The molecule has 23 heavy (non-hydrogen) atoms. The molecule has 2 N–H and O–H groups in total. The lowest BCUT2D eigenvalue weighted by Gasteiger charge is -2.17. The largest absolute Gasteiger partial charge is 0.490 e. The minimum atomic E-state index is 0.241. The third kappa shape index (κ3) is 2.90. The van der Waals surface area contributed by atoms with Gasteiger partial charge in [-0.25, -0.2) is 15.0 Å². The van der Waals surface area contributed by atoms with E-state index in [1.807, 2.05) is 24.7 Å². The highest BCUT2D eigenvalue weighted by Gasteiger charge is 2.18. The fraction of sp³-hybridized carbons (Fsp3) is 0.353. The van der Waals surface area contributed by atoms with Crippen LogP contribution in [0.3, 0.4) is 0 Å². The van der Waals surface area contributed by atoms with Crippen LogP contribution in [0.15, 0.2) is 37.2 Å². The van der Waals surface area contributed by atoms with Crippen LogP contribution in [0.4, 0.5) is 0 Å². The first-order valence-corrected chi connectivity index (χ1v) is 8.00. The van der Waals surface area contributed by atoms with Gasteiger partial charge in [0.1, 0.15) is 17.7 Å². The van der Waals surface area contributed by atoms with Crippen LogP contribution in [0.5, 0.6) is 5.75 Å². The standard InChI is InChI=1S/C17H19N5O/c1-2-13(3-6-18-5-1)23-15-4-7-21-17-16(15)14(10-22-17)12-8-19-11-20-9-12/h4,7-11,13,18H,1-3,5-6H2,(H,21,22). The van der Waals surface area contributed by atoms with Crippen molar-refractivity contribution in [1.29, 1.82) is 0 Å². The Morgan fingerprint density at radius 2 is 2.04 bits per heavy atom. The lowest BCUT2D eigenvalue weighted by molar-refractivity contribution is 0.190. The lowest BCUT2D eigenvalue weighted by atomic mass is 10.1. The molecular formula is C17H19N5O. The number of nitrogens with one attached hydrogen (secondary N) is 2. The summed E-state index contributed by atoms with van der Waals surface area (Å²) in [6.45, 7) is 2.08. The molecule has 0 bridgehead atoms. The number of pyridine rings is 1. The topological polar surface area (TPSA) is 75.7 Å². The number of hydrogen-bond acceptors (Lipinski definition) is 5. The Balaban J connectivity index is 1.73. The van der Waals surface area contributed by atoms with Gasteiger partial charge in [0, 0.05) is 35.9 Å². The van der Waals surface area contributed by atoms with Crippen molar-refractivity contribution in [2.75, 3.05) is 13.1 Å². The molecule has 3 aromatic rings. The third-order valence-electron chi connectivity index (χ3n) is 4.22. The molecule has 1 atom stereocenters. The number of ether oxygens (including phenoxy) is 1. The minimum Gasteiger partial charge on any atom is -0.490 e. The second-order valence-corrected chi connectivity index (χ2v) is 5.78. The Kier molecular flexibility index (Phi) is 3.90. The number of hydrogen-bond donors (Lipinski definition) is 2. The summed E-state index contributed by atoms with van der Waals surface area (Å²) < 4.78 is 6.33. The average Bonchev–Trinajstić information content (AvgIpc) is 2.87. The molecule has 1 fully saturated rings. The average molecular weight is 309 g/mol. The van der Waals surface area contributed by atoms with Crippen LogP contribution < -0.4 is 10.1 Å². The monoisotopic (exact) mass is 309 g/mol. The van der Waals surface area contributed by atoms with Crippen molar-refractivity contribution >= 4 is 11.0 Å². The molecule has 4 heterocycles. The summed E-state index contributed by atoms with van der Waals surface area (Å²) in [4.78, 5) is 15.8. The van der Waals surface area contributed by atoms with Gasteiger partial charge >= 0.3 is 0 Å². The van der Waals surface area contributed by atoms with Crippen LogP contribution in [0.25, 0.3) is 22.2 Å². The first kappa shape index (κ1) is 14.1. The van der Waals surface area contributed by atoms with Crippen molar-refractivity contribution < 1.29 is 4.74 Å². The maximum atomic E-state index is 6.33. The molecule has 0 saturated carbocycles. The molecule has 1 aliphatic heterocycles. The molecule has 0 aromatic carbocycles. The van der Waals surface area contributed by atoms with Gasteiger partial charge in [0.05, 0.1) is 11.5 Å². The van der Waals surface area contributed by atoms with Gasteiger partial charge in [-0.05, 0) is 38.4 Å². The number of aromatic amines is 1. The van der Waals surface area contributed by atoms with Gasteiger partial charge in [-0.2, -0.15) is 0 Å². The Bertz CT molecular complexity index is 778. The molecule has 0 aliphatic carbocycles. The summed E-state index contributed by atoms with van der Waals surface area (Å²) in [5.41, 5.74) is 2.81. The fourth-order valence-electron chi connectivity index (χ4n) is 3.08. The number of rotatable bonds is 3. The molecule has 1 aliphatic rings. The van der Waals surface area contributed by atoms with Crippen molar-refractivity contribution in [1.82, 2.24) is 25.3 Å². The van der Waals surface area contributed by atoms with E-state index in [1.165, 1.54) is 6.33 Å². The summed E-state index contributed by atoms with van der Waals surface area (Å²) in [6, 6.07) is 1.95. The molecule has 0 amide bonds. The Hall–Kier alpha value is -2.47. The molecular weight excluding hydrogens is 290 g/mol. The van der Waals surface area contributed by atoms with E-state index >= 15 is 0 Å². The van der Waals surface area contributed by atoms with Crippen LogP contribution >= 0.6 is 0 Å². The predicted octanol–water partition coefficient (Wildman–Crippen LogP) is 2.54. The number of aromatic nitrogens is 4. The van der Waals surface area contributed by atoms with E-state index in [2.05, 4.69) is 25.3 Å². The quantitative estimate of drug-likeness (QED) is 0.777. The highest BCUT2D eigenvalue weighted by atomic mass is 16.5. The van der Waals surface area contributed by atoms with E-state index in [0.717, 1.165) is 60.3 Å². The smallest absolute Gasteiger partial charge is 0.141 e. The summed E-state index contributed by atoms with van der Waals surface area (Å²) in [5, 5.41) is 4.42. The predicted molar refractivity (Wildman–Crippen MR) is 88.3 cm³/mol. The molecule has 0 spiro atoms. The van der Waals surface area contributed by atoms with Crippen molar-refractivity contribution in [3.63, 3.8) is 0 Å². The van der Waals surface area contributed by atoms with Gasteiger partial charge in [-0.15, -0.1) is 0 Å². The van der Waals surface area contributed by atoms with E-state index in [1.54, 1.807) is 6.20 Å². The van der Waals surface area contributed by atoms with E-state index in [4.69, 9.17) is 4.74 Å². The van der Waals surface area contributed by atoms with Crippen molar-refractivity contribution in [2.24, 2.45) is 0 Å². The van der Waals surface area contributed by atoms with Crippen LogP contribution in [-0.2, 0) is 0 Å². The van der Waals surface area contributed by atoms with Gasteiger partial charge in [-0.1, -0.05) is 0 Å². The number of nitrogens with zero attached hydrogens (tertiary/aromatic N) is 3. The Morgan fingerprint density at radius 1 is 1.13 bits per heavy atom. The van der Waals surface area contributed by atoms with Gasteiger partial charge in [-0.3, -0.25) is 0 Å².